The molecule has 0 radical (unpaired) electrons. The van der Waals surface area contributed by atoms with Gasteiger partial charge in [-0.25, -0.2) is 0 Å². The zero-order valence-corrected chi connectivity index (χ0v) is 21.4. The fourth-order valence-corrected chi connectivity index (χ4v) is 5.62. The summed E-state index contributed by atoms with van der Waals surface area (Å²) >= 11 is 14.4. The van der Waals surface area contributed by atoms with Gasteiger partial charge in [0.25, 0.3) is 0 Å². The molecule has 4 nitrogen and oxygen atoms in total. The quantitative estimate of drug-likeness (QED) is 0.400. The van der Waals surface area contributed by atoms with Crippen molar-refractivity contribution in [2.24, 2.45) is 0 Å². The molecule has 1 fully saturated rings. The lowest BCUT2D eigenvalue weighted by atomic mass is 9.95. The third-order valence-corrected chi connectivity index (χ3v) is 7.76. The first-order valence-electron chi connectivity index (χ1n) is 11.6. The SMILES string of the molecule is CC[C@H](C(=O)NC1CCCCC1)N(Cc1c(Cl)cccc1Cl)C(=O)CSCc1ccccc1. The predicted molar refractivity (Wildman–Crippen MR) is 139 cm³/mol. The van der Waals surface area contributed by atoms with E-state index in [0.29, 0.717) is 22.0 Å². The van der Waals surface area contributed by atoms with Crippen molar-refractivity contribution in [3.63, 3.8) is 0 Å². The van der Waals surface area contributed by atoms with Crippen LogP contribution < -0.4 is 5.32 Å². The molecule has 7 heteroatoms. The Hall–Kier alpha value is -1.69. The Morgan fingerprint density at radius 3 is 2.33 bits per heavy atom. The molecule has 0 bridgehead atoms. The van der Waals surface area contributed by atoms with Crippen LogP contribution in [0.5, 0.6) is 0 Å². The van der Waals surface area contributed by atoms with Gasteiger partial charge < -0.3 is 10.2 Å². The second-order valence-electron chi connectivity index (χ2n) is 8.47. The van der Waals surface area contributed by atoms with Crippen molar-refractivity contribution in [1.82, 2.24) is 10.2 Å². The van der Waals surface area contributed by atoms with Gasteiger partial charge in [0.05, 0.1) is 5.75 Å². The van der Waals surface area contributed by atoms with Crippen LogP contribution in [0, 0.1) is 0 Å². The van der Waals surface area contributed by atoms with Gasteiger partial charge in [-0.3, -0.25) is 9.59 Å². The summed E-state index contributed by atoms with van der Waals surface area (Å²) in [5.74, 6) is 0.842. The van der Waals surface area contributed by atoms with Crippen LogP contribution in [-0.4, -0.2) is 34.6 Å². The third-order valence-electron chi connectivity index (χ3n) is 6.06. The minimum Gasteiger partial charge on any atom is -0.352 e. The van der Waals surface area contributed by atoms with Crippen molar-refractivity contribution in [2.75, 3.05) is 5.75 Å². The monoisotopic (exact) mass is 506 g/mol. The molecule has 33 heavy (non-hydrogen) atoms. The van der Waals surface area contributed by atoms with Crippen LogP contribution in [0.4, 0.5) is 0 Å². The van der Waals surface area contributed by atoms with Gasteiger partial charge in [-0.15, -0.1) is 11.8 Å². The van der Waals surface area contributed by atoms with E-state index < -0.39 is 6.04 Å². The Balaban J connectivity index is 1.75. The van der Waals surface area contributed by atoms with E-state index >= 15 is 0 Å². The van der Waals surface area contributed by atoms with E-state index in [2.05, 4.69) is 5.32 Å². The van der Waals surface area contributed by atoms with Crippen LogP contribution in [0.15, 0.2) is 48.5 Å². The number of carbonyl (C=O) groups excluding carboxylic acids is 2. The molecule has 1 aliphatic rings. The lowest BCUT2D eigenvalue weighted by molar-refractivity contribution is -0.139. The average Bonchev–Trinajstić information content (AvgIpc) is 2.82. The number of rotatable bonds is 10. The van der Waals surface area contributed by atoms with Crippen LogP contribution >= 0.6 is 35.0 Å². The normalized spacial score (nSPS) is 15.1. The third kappa shape index (κ3) is 7.66. The van der Waals surface area contributed by atoms with E-state index in [4.69, 9.17) is 23.2 Å². The molecule has 2 amide bonds. The maximum Gasteiger partial charge on any atom is 0.243 e. The molecular formula is C26H32Cl2N2O2S. The van der Waals surface area contributed by atoms with Gasteiger partial charge >= 0.3 is 0 Å². The molecule has 0 spiro atoms. The highest BCUT2D eigenvalue weighted by Crippen LogP contribution is 2.28. The number of hydrogen-bond donors (Lipinski definition) is 1. The summed E-state index contributed by atoms with van der Waals surface area (Å²) < 4.78 is 0. The molecule has 1 saturated carbocycles. The Labute approximate surface area is 211 Å². The number of nitrogens with zero attached hydrogens (tertiary/aromatic N) is 1. The van der Waals surface area contributed by atoms with Crippen molar-refractivity contribution in [3.8, 4) is 0 Å². The van der Waals surface area contributed by atoms with Gasteiger partial charge in [0.2, 0.25) is 11.8 Å². The highest BCUT2D eigenvalue weighted by atomic mass is 35.5. The number of carbonyl (C=O) groups is 2. The molecule has 1 N–H and O–H groups in total. The molecule has 2 aromatic rings. The number of thioether (sulfide) groups is 1. The fraction of sp³-hybridized carbons (Fsp3) is 0.462. The Kier molecular flexibility index (Phi) is 10.4. The summed E-state index contributed by atoms with van der Waals surface area (Å²) in [6.07, 6.45) is 6.01. The largest absolute Gasteiger partial charge is 0.352 e. The van der Waals surface area contributed by atoms with E-state index in [1.54, 1.807) is 34.9 Å². The van der Waals surface area contributed by atoms with Crippen LogP contribution in [0.2, 0.25) is 10.0 Å². The van der Waals surface area contributed by atoms with Gasteiger partial charge in [-0.2, -0.15) is 0 Å². The molecule has 0 unspecified atom stereocenters. The number of amides is 2. The van der Waals surface area contributed by atoms with Crippen LogP contribution in [0.3, 0.4) is 0 Å². The number of benzene rings is 2. The van der Waals surface area contributed by atoms with E-state index in [1.807, 2.05) is 37.3 Å². The van der Waals surface area contributed by atoms with Crippen molar-refractivity contribution in [1.29, 1.82) is 0 Å². The molecule has 178 valence electrons. The van der Waals surface area contributed by atoms with Crippen LogP contribution in [-0.2, 0) is 21.9 Å². The van der Waals surface area contributed by atoms with Gasteiger partial charge in [-0.05, 0) is 37.0 Å². The zero-order chi connectivity index (χ0) is 23.6. The average molecular weight is 508 g/mol. The Morgan fingerprint density at radius 1 is 1.03 bits per heavy atom. The number of nitrogens with one attached hydrogen (secondary N) is 1. The summed E-state index contributed by atoms with van der Waals surface area (Å²) in [4.78, 5) is 28.3. The van der Waals surface area contributed by atoms with Crippen molar-refractivity contribution >= 4 is 46.8 Å². The minimum absolute atomic E-state index is 0.0856. The summed E-state index contributed by atoms with van der Waals surface area (Å²) in [6, 6.07) is 15.0. The number of halogens is 2. The smallest absolute Gasteiger partial charge is 0.243 e. The maximum atomic E-state index is 13.4. The highest BCUT2D eigenvalue weighted by molar-refractivity contribution is 7.99. The molecule has 3 rings (SSSR count). The first-order valence-corrected chi connectivity index (χ1v) is 13.5. The van der Waals surface area contributed by atoms with Gasteiger partial charge in [0.15, 0.2) is 0 Å². The van der Waals surface area contributed by atoms with Crippen molar-refractivity contribution < 1.29 is 9.59 Å². The summed E-state index contributed by atoms with van der Waals surface area (Å²) in [6.45, 7) is 2.15. The first kappa shape index (κ1) is 25.9. The molecule has 2 aromatic carbocycles. The second-order valence-corrected chi connectivity index (χ2v) is 10.3. The highest BCUT2D eigenvalue weighted by Gasteiger charge is 2.31. The number of hydrogen-bond acceptors (Lipinski definition) is 3. The maximum absolute atomic E-state index is 13.4. The lowest BCUT2D eigenvalue weighted by Crippen LogP contribution is -2.52. The topological polar surface area (TPSA) is 49.4 Å². The molecule has 1 aliphatic carbocycles. The van der Waals surface area contributed by atoms with E-state index in [0.717, 1.165) is 37.0 Å². The second kappa shape index (κ2) is 13.3. The molecule has 0 aliphatic heterocycles. The van der Waals surface area contributed by atoms with E-state index in [1.165, 1.54) is 6.42 Å². The Morgan fingerprint density at radius 2 is 1.70 bits per heavy atom. The summed E-state index contributed by atoms with van der Waals surface area (Å²) in [7, 11) is 0. The van der Waals surface area contributed by atoms with Crippen molar-refractivity contribution in [2.45, 2.75) is 69.8 Å². The molecular weight excluding hydrogens is 475 g/mol. The van der Waals surface area contributed by atoms with Gasteiger partial charge in [0, 0.05) is 33.9 Å². The predicted octanol–water partition coefficient (Wildman–Crippen LogP) is 6.48. The van der Waals surface area contributed by atoms with Gasteiger partial charge in [-0.1, -0.05) is 85.8 Å². The minimum atomic E-state index is -0.566. The molecule has 1 atom stereocenters. The Bertz CT molecular complexity index is 900. The van der Waals surface area contributed by atoms with E-state index in [9.17, 15) is 9.59 Å². The van der Waals surface area contributed by atoms with E-state index in [-0.39, 0.29) is 30.2 Å². The summed E-state index contributed by atoms with van der Waals surface area (Å²) in [5.41, 5.74) is 1.84. The zero-order valence-electron chi connectivity index (χ0n) is 19.1. The van der Waals surface area contributed by atoms with Crippen LogP contribution in [0.25, 0.3) is 0 Å². The van der Waals surface area contributed by atoms with Gasteiger partial charge in [0.1, 0.15) is 6.04 Å². The first-order chi connectivity index (χ1) is 16.0. The molecule has 0 aromatic heterocycles. The van der Waals surface area contributed by atoms with Crippen LogP contribution in [0.1, 0.15) is 56.6 Å². The van der Waals surface area contributed by atoms with Crippen molar-refractivity contribution in [3.05, 3.63) is 69.7 Å². The lowest BCUT2D eigenvalue weighted by Gasteiger charge is -2.33. The fourth-order valence-electron chi connectivity index (χ4n) is 4.23. The summed E-state index contributed by atoms with van der Waals surface area (Å²) in [5, 5.41) is 4.20. The standard InChI is InChI=1S/C26H32Cl2N2O2S/c1-2-24(26(32)29-20-12-7-4-8-13-20)30(16-21-22(27)14-9-15-23(21)28)25(31)18-33-17-19-10-5-3-6-11-19/h3,5-6,9-11,14-15,20,24H,2,4,7-8,12-13,16-18H2,1H3,(H,29,32)/t24-/m1/s1. The molecule has 0 heterocycles. The molecule has 0 saturated heterocycles.